The predicted molar refractivity (Wildman–Crippen MR) is 68.8 cm³/mol. The quantitative estimate of drug-likeness (QED) is 0.817. The number of likely N-dealkylation sites (tertiary alicyclic amines) is 1. The number of aliphatic hydroxyl groups excluding tert-OH is 1. The van der Waals surface area contributed by atoms with E-state index in [9.17, 15) is 5.11 Å². The summed E-state index contributed by atoms with van der Waals surface area (Å²) in [6.07, 6.45) is 7.15. The first kappa shape index (κ1) is 12.9. The van der Waals surface area contributed by atoms with Crippen LogP contribution in [-0.4, -0.2) is 41.3 Å². The minimum absolute atomic E-state index is 0.167. The average Bonchev–Trinajstić information content (AvgIpc) is 2.92. The molecule has 2 rings (SSSR count). The van der Waals surface area contributed by atoms with Gasteiger partial charge in [0.1, 0.15) is 11.9 Å². The van der Waals surface area contributed by atoms with Gasteiger partial charge in [0.05, 0.1) is 12.1 Å². The highest BCUT2D eigenvalue weighted by Gasteiger charge is 2.41. The fourth-order valence-corrected chi connectivity index (χ4v) is 2.89. The number of nitrogens with zero attached hydrogens (tertiary/aromatic N) is 1. The third-order valence-corrected chi connectivity index (χ3v) is 4.37. The van der Waals surface area contributed by atoms with Gasteiger partial charge in [-0.25, -0.2) is 0 Å². The third kappa shape index (κ3) is 2.50. The van der Waals surface area contributed by atoms with E-state index >= 15 is 0 Å². The molecule has 2 unspecified atom stereocenters. The van der Waals surface area contributed by atoms with Crippen molar-refractivity contribution in [2.45, 2.75) is 57.6 Å². The first-order valence-electron chi connectivity index (χ1n) is 6.94. The highest BCUT2D eigenvalue weighted by atomic mass is 16.5. The Hall–Kier alpha value is -0.540. The summed E-state index contributed by atoms with van der Waals surface area (Å²) in [5.74, 6) is 0.799. The molecule has 0 spiro atoms. The Balaban J connectivity index is 2.12. The molecular weight excluding hydrogens is 214 g/mol. The fraction of sp³-hybridized carbons (Fsp3) is 0.857. The second kappa shape index (κ2) is 5.40. The molecular formula is C14H25NO2. The summed E-state index contributed by atoms with van der Waals surface area (Å²) in [7, 11) is 0. The van der Waals surface area contributed by atoms with Gasteiger partial charge >= 0.3 is 0 Å². The molecule has 0 aliphatic carbocycles. The van der Waals surface area contributed by atoms with E-state index in [0.29, 0.717) is 0 Å². The van der Waals surface area contributed by atoms with Crippen LogP contribution in [0.3, 0.4) is 0 Å². The molecule has 0 bridgehead atoms. The molecule has 0 radical (unpaired) electrons. The number of aliphatic hydroxyl groups is 1. The number of allylic oxidation sites excluding steroid dienone is 1. The van der Waals surface area contributed by atoms with Gasteiger partial charge in [0.15, 0.2) is 0 Å². The maximum Gasteiger partial charge on any atom is 0.129 e. The van der Waals surface area contributed by atoms with E-state index in [0.717, 1.165) is 44.7 Å². The molecule has 0 aromatic rings. The highest BCUT2D eigenvalue weighted by molar-refractivity contribution is 5.11. The van der Waals surface area contributed by atoms with E-state index in [1.807, 2.05) is 0 Å². The Labute approximate surface area is 104 Å². The zero-order valence-electron chi connectivity index (χ0n) is 11.1. The molecule has 3 heteroatoms. The van der Waals surface area contributed by atoms with Crippen LogP contribution in [0.25, 0.3) is 0 Å². The normalized spacial score (nSPS) is 27.1. The van der Waals surface area contributed by atoms with Crippen molar-refractivity contribution in [2.75, 3.05) is 19.7 Å². The number of ether oxygens (including phenoxy) is 1. The van der Waals surface area contributed by atoms with Crippen molar-refractivity contribution >= 4 is 0 Å². The van der Waals surface area contributed by atoms with Crippen molar-refractivity contribution < 1.29 is 9.84 Å². The molecule has 2 atom stereocenters. The second-order valence-corrected chi connectivity index (χ2v) is 5.40. The maximum atomic E-state index is 10.6. The van der Waals surface area contributed by atoms with Crippen LogP contribution in [0.15, 0.2) is 11.8 Å². The Morgan fingerprint density at radius 1 is 1.41 bits per heavy atom. The first-order valence-corrected chi connectivity index (χ1v) is 6.94. The monoisotopic (exact) mass is 239 g/mol. The summed E-state index contributed by atoms with van der Waals surface area (Å²) < 4.78 is 5.63. The van der Waals surface area contributed by atoms with Gasteiger partial charge in [-0.1, -0.05) is 6.92 Å². The lowest BCUT2D eigenvalue weighted by molar-refractivity contribution is -0.0269. The summed E-state index contributed by atoms with van der Waals surface area (Å²) in [5.41, 5.74) is -0.167. The molecule has 3 nitrogen and oxygen atoms in total. The number of hydrogen-bond acceptors (Lipinski definition) is 3. The Morgan fingerprint density at radius 3 is 2.65 bits per heavy atom. The summed E-state index contributed by atoms with van der Waals surface area (Å²) in [4.78, 5) is 2.43. The zero-order valence-corrected chi connectivity index (χ0v) is 11.1. The van der Waals surface area contributed by atoms with Gasteiger partial charge in [-0.2, -0.15) is 0 Å². The molecule has 0 amide bonds. The fourth-order valence-electron chi connectivity index (χ4n) is 2.89. The van der Waals surface area contributed by atoms with Gasteiger partial charge in [-0.05, 0) is 58.2 Å². The van der Waals surface area contributed by atoms with E-state index in [1.165, 1.54) is 12.8 Å². The molecule has 0 aromatic heterocycles. The van der Waals surface area contributed by atoms with Crippen LogP contribution in [-0.2, 0) is 4.74 Å². The van der Waals surface area contributed by atoms with E-state index in [4.69, 9.17) is 4.74 Å². The summed E-state index contributed by atoms with van der Waals surface area (Å²) in [5, 5.41) is 10.6. The lowest BCUT2D eigenvalue weighted by atomic mass is 9.87. The lowest BCUT2D eigenvalue weighted by Crippen LogP contribution is -2.54. The highest BCUT2D eigenvalue weighted by Crippen LogP contribution is 2.32. The van der Waals surface area contributed by atoms with Crippen molar-refractivity contribution in [1.29, 1.82) is 0 Å². The molecule has 1 fully saturated rings. The van der Waals surface area contributed by atoms with Gasteiger partial charge in [-0.3, -0.25) is 4.90 Å². The predicted octanol–water partition coefficient (Wildman–Crippen LogP) is 2.31. The van der Waals surface area contributed by atoms with Crippen molar-refractivity contribution in [3.05, 3.63) is 11.8 Å². The first-order chi connectivity index (χ1) is 8.18. The minimum atomic E-state index is -0.481. The van der Waals surface area contributed by atoms with Crippen molar-refractivity contribution in [3.63, 3.8) is 0 Å². The van der Waals surface area contributed by atoms with Crippen LogP contribution >= 0.6 is 0 Å². The van der Waals surface area contributed by atoms with Crippen molar-refractivity contribution in [1.82, 2.24) is 4.90 Å². The van der Waals surface area contributed by atoms with Crippen LogP contribution in [0.2, 0.25) is 0 Å². The molecule has 1 N–H and O–H groups in total. The van der Waals surface area contributed by atoms with Crippen LogP contribution in [0.5, 0.6) is 0 Å². The zero-order chi connectivity index (χ0) is 12.3. The average molecular weight is 239 g/mol. The Bertz CT molecular complexity index is 284. The molecule has 17 heavy (non-hydrogen) atoms. The van der Waals surface area contributed by atoms with Crippen LogP contribution in [0, 0.1) is 0 Å². The van der Waals surface area contributed by atoms with Crippen LogP contribution in [0.1, 0.15) is 46.0 Å². The van der Waals surface area contributed by atoms with Crippen LogP contribution < -0.4 is 0 Å². The standard InChI is InChI=1S/C14H25NO2/c1-3-14(2,15-9-5-6-10-15)13(16)12-8-4-7-11-17-12/h8,13,16H,3-7,9-11H2,1-2H3. The maximum absolute atomic E-state index is 10.6. The van der Waals surface area contributed by atoms with Crippen LogP contribution in [0.4, 0.5) is 0 Å². The Morgan fingerprint density at radius 2 is 2.12 bits per heavy atom. The summed E-state index contributed by atoms with van der Waals surface area (Å²) >= 11 is 0. The number of hydrogen-bond donors (Lipinski definition) is 1. The minimum Gasteiger partial charge on any atom is -0.495 e. The second-order valence-electron chi connectivity index (χ2n) is 5.40. The molecule has 0 saturated carbocycles. The molecule has 2 aliphatic heterocycles. The van der Waals surface area contributed by atoms with E-state index in [-0.39, 0.29) is 5.54 Å². The largest absolute Gasteiger partial charge is 0.495 e. The molecule has 0 aromatic carbocycles. The van der Waals surface area contributed by atoms with Gasteiger partial charge in [-0.15, -0.1) is 0 Å². The smallest absolute Gasteiger partial charge is 0.129 e. The van der Waals surface area contributed by atoms with E-state index < -0.39 is 6.10 Å². The molecule has 98 valence electrons. The van der Waals surface area contributed by atoms with Gasteiger partial charge in [0, 0.05) is 0 Å². The van der Waals surface area contributed by atoms with Gasteiger partial charge < -0.3 is 9.84 Å². The van der Waals surface area contributed by atoms with Gasteiger partial charge in [0.25, 0.3) is 0 Å². The van der Waals surface area contributed by atoms with Crippen molar-refractivity contribution in [2.24, 2.45) is 0 Å². The third-order valence-electron chi connectivity index (χ3n) is 4.37. The van der Waals surface area contributed by atoms with E-state index in [2.05, 4.69) is 24.8 Å². The lowest BCUT2D eigenvalue weighted by Gasteiger charge is -2.42. The van der Waals surface area contributed by atoms with Crippen molar-refractivity contribution in [3.8, 4) is 0 Å². The molecule has 2 aliphatic rings. The van der Waals surface area contributed by atoms with Gasteiger partial charge in [0.2, 0.25) is 0 Å². The van der Waals surface area contributed by atoms with E-state index in [1.54, 1.807) is 0 Å². The Kier molecular flexibility index (Phi) is 4.10. The number of rotatable bonds is 4. The molecule has 1 saturated heterocycles. The SMILES string of the molecule is CCC(C)(C(O)C1=CCCCO1)N1CCCC1. The molecule has 2 heterocycles. The topological polar surface area (TPSA) is 32.7 Å². The summed E-state index contributed by atoms with van der Waals surface area (Å²) in [6.45, 7) is 7.29. The summed E-state index contributed by atoms with van der Waals surface area (Å²) in [6, 6.07) is 0.